The van der Waals surface area contributed by atoms with Crippen molar-refractivity contribution in [2.45, 2.75) is 38.8 Å². The number of nitrogens with one attached hydrogen (secondary N) is 1. The zero-order chi connectivity index (χ0) is 21.6. The van der Waals surface area contributed by atoms with Crippen LogP contribution in [0.3, 0.4) is 0 Å². The maximum absolute atomic E-state index is 12.8. The Hall–Kier alpha value is -2.65. The molecule has 1 aliphatic rings. The van der Waals surface area contributed by atoms with Gasteiger partial charge in [-0.1, -0.05) is 6.92 Å². The minimum atomic E-state index is -3.43. The summed E-state index contributed by atoms with van der Waals surface area (Å²) in [5.74, 6) is 0.730. The van der Waals surface area contributed by atoms with Crippen molar-refractivity contribution < 1.29 is 22.7 Å². The van der Waals surface area contributed by atoms with Crippen molar-refractivity contribution in [1.29, 1.82) is 0 Å². The minimum Gasteiger partial charge on any atom is -0.493 e. The van der Waals surface area contributed by atoms with Crippen LogP contribution in [0.5, 0.6) is 11.5 Å². The monoisotopic (exact) mass is 433 g/mol. The van der Waals surface area contributed by atoms with Gasteiger partial charge >= 0.3 is 0 Å². The molecular weight excluding hydrogens is 406 g/mol. The van der Waals surface area contributed by atoms with Crippen molar-refractivity contribution in [3.8, 4) is 11.5 Å². The Morgan fingerprint density at radius 3 is 2.70 bits per heavy atom. The molecule has 1 atom stereocenters. The predicted octanol–water partition coefficient (Wildman–Crippen LogP) is 2.81. The molecule has 2 heterocycles. The summed E-state index contributed by atoms with van der Waals surface area (Å²) in [5.41, 5.74) is 1.47. The third-order valence-corrected chi connectivity index (χ3v) is 6.98. The Kier molecular flexibility index (Phi) is 7.28. The topological polar surface area (TPSA) is 97.8 Å². The molecule has 0 radical (unpaired) electrons. The molecule has 1 aromatic heterocycles. The number of carbonyl (C=O) groups is 1. The number of ether oxygens (including phenoxy) is 2. The molecule has 162 valence electrons. The maximum Gasteiger partial charge on any atom is 0.242 e. The van der Waals surface area contributed by atoms with Crippen molar-refractivity contribution in [2.24, 2.45) is 0 Å². The first-order valence-electron chi connectivity index (χ1n) is 9.94. The largest absolute Gasteiger partial charge is 0.493 e. The highest BCUT2D eigenvalue weighted by Gasteiger charge is 2.38. The van der Waals surface area contributed by atoms with Crippen LogP contribution in [0.2, 0.25) is 0 Å². The summed E-state index contributed by atoms with van der Waals surface area (Å²) < 4.78 is 37.5. The number of anilines is 1. The summed E-state index contributed by atoms with van der Waals surface area (Å²) >= 11 is 0. The van der Waals surface area contributed by atoms with Crippen LogP contribution in [-0.4, -0.2) is 49.1 Å². The van der Waals surface area contributed by atoms with Gasteiger partial charge in [0.1, 0.15) is 12.6 Å². The number of methoxy groups -OCH3 is 1. The van der Waals surface area contributed by atoms with E-state index in [0.717, 1.165) is 5.56 Å². The van der Waals surface area contributed by atoms with E-state index >= 15 is 0 Å². The number of aromatic nitrogens is 1. The van der Waals surface area contributed by atoms with Gasteiger partial charge in [0.15, 0.2) is 11.5 Å². The second kappa shape index (κ2) is 9.90. The number of rotatable bonds is 9. The number of sulfonamides is 1. The van der Waals surface area contributed by atoms with E-state index in [4.69, 9.17) is 9.47 Å². The molecule has 0 saturated carbocycles. The van der Waals surface area contributed by atoms with Crippen molar-refractivity contribution >= 4 is 21.6 Å². The van der Waals surface area contributed by atoms with E-state index in [1.165, 1.54) is 4.31 Å². The number of pyridine rings is 1. The molecule has 8 nitrogen and oxygen atoms in total. The van der Waals surface area contributed by atoms with Crippen molar-refractivity contribution in [3.05, 3.63) is 48.3 Å². The third-order valence-electron chi connectivity index (χ3n) is 4.90. The standard InChI is InChI=1S/C21H27N3O5S/c1-3-13-30(26,27)24-12-4-5-18(24)21(25)23-17-6-7-19(28-2)20(14-17)29-15-16-8-10-22-11-9-16/h6-11,14,18H,3-5,12-13,15H2,1-2H3,(H,23,25). The molecule has 3 rings (SSSR count). The van der Waals surface area contributed by atoms with Gasteiger partial charge < -0.3 is 14.8 Å². The predicted molar refractivity (Wildman–Crippen MR) is 114 cm³/mol. The molecule has 2 aromatic rings. The molecular formula is C21H27N3O5S. The Morgan fingerprint density at radius 1 is 1.23 bits per heavy atom. The normalized spacial score (nSPS) is 16.9. The zero-order valence-corrected chi connectivity index (χ0v) is 18.0. The lowest BCUT2D eigenvalue weighted by Gasteiger charge is -2.23. The van der Waals surface area contributed by atoms with Crippen LogP contribution in [0.15, 0.2) is 42.7 Å². The number of nitrogens with zero attached hydrogens (tertiary/aromatic N) is 2. The number of hydrogen-bond donors (Lipinski definition) is 1. The first-order chi connectivity index (χ1) is 14.4. The Morgan fingerprint density at radius 2 is 2.00 bits per heavy atom. The van der Waals surface area contributed by atoms with E-state index in [0.29, 0.717) is 49.6 Å². The Balaban J connectivity index is 1.72. The smallest absolute Gasteiger partial charge is 0.242 e. The van der Waals surface area contributed by atoms with E-state index in [2.05, 4.69) is 10.3 Å². The fraction of sp³-hybridized carbons (Fsp3) is 0.429. The molecule has 1 aliphatic heterocycles. The molecule has 1 N–H and O–H groups in total. The van der Waals surface area contributed by atoms with Crippen LogP contribution in [0.25, 0.3) is 0 Å². The summed E-state index contributed by atoms with van der Waals surface area (Å²) in [6, 6.07) is 8.10. The second-order valence-corrected chi connectivity index (χ2v) is 9.12. The molecule has 9 heteroatoms. The van der Waals surface area contributed by atoms with Crippen LogP contribution < -0.4 is 14.8 Å². The number of hydrogen-bond acceptors (Lipinski definition) is 6. The fourth-order valence-electron chi connectivity index (χ4n) is 3.44. The van der Waals surface area contributed by atoms with Crippen LogP contribution in [0.4, 0.5) is 5.69 Å². The van der Waals surface area contributed by atoms with Gasteiger partial charge in [0, 0.05) is 30.7 Å². The van der Waals surface area contributed by atoms with Gasteiger partial charge in [0.25, 0.3) is 0 Å². The zero-order valence-electron chi connectivity index (χ0n) is 17.2. The summed E-state index contributed by atoms with van der Waals surface area (Å²) in [7, 11) is -1.89. The number of amides is 1. The Labute approximate surface area is 177 Å². The van der Waals surface area contributed by atoms with Gasteiger partial charge in [-0.2, -0.15) is 4.31 Å². The van der Waals surface area contributed by atoms with Gasteiger partial charge in [-0.25, -0.2) is 8.42 Å². The SMILES string of the molecule is CCCS(=O)(=O)N1CCCC1C(=O)Nc1ccc(OC)c(OCc2ccncc2)c1. The number of carbonyl (C=O) groups excluding carboxylic acids is 1. The summed E-state index contributed by atoms with van der Waals surface area (Å²) in [5, 5.41) is 2.83. The molecule has 1 saturated heterocycles. The summed E-state index contributed by atoms with van der Waals surface area (Å²) in [6.45, 7) is 2.51. The average molecular weight is 434 g/mol. The van der Waals surface area contributed by atoms with E-state index in [-0.39, 0.29) is 11.7 Å². The molecule has 1 amide bonds. The molecule has 1 unspecified atom stereocenters. The van der Waals surface area contributed by atoms with Gasteiger partial charge in [-0.3, -0.25) is 9.78 Å². The molecule has 0 aliphatic carbocycles. The second-order valence-electron chi connectivity index (χ2n) is 7.08. The van der Waals surface area contributed by atoms with Gasteiger partial charge in [-0.05, 0) is 49.1 Å². The van der Waals surface area contributed by atoms with E-state index in [1.807, 2.05) is 19.1 Å². The lowest BCUT2D eigenvalue weighted by molar-refractivity contribution is -0.119. The van der Waals surface area contributed by atoms with E-state index < -0.39 is 16.1 Å². The first kappa shape index (κ1) is 22.0. The highest BCUT2D eigenvalue weighted by Crippen LogP contribution is 2.31. The molecule has 1 aromatic carbocycles. The van der Waals surface area contributed by atoms with Gasteiger partial charge in [-0.15, -0.1) is 0 Å². The molecule has 0 bridgehead atoms. The van der Waals surface area contributed by atoms with Crippen LogP contribution in [0.1, 0.15) is 31.7 Å². The molecule has 30 heavy (non-hydrogen) atoms. The summed E-state index contributed by atoms with van der Waals surface area (Å²) in [6.07, 6.45) is 5.07. The lowest BCUT2D eigenvalue weighted by atomic mass is 10.2. The van der Waals surface area contributed by atoms with Crippen LogP contribution in [-0.2, 0) is 21.4 Å². The maximum atomic E-state index is 12.8. The van der Waals surface area contributed by atoms with Crippen molar-refractivity contribution in [3.63, 3.8) is 0 Å². The van der Waals surface area contributed by atoms with Crippen molar-refractivity contribution in [2.75, 3.05) is 24.7 Å². The number of benzene rings is 1. The van der Waals surface area contributed by atoms with Crippen molar-refractivity contribution in [1.82, 2.24) is 9.29 Å². The third kappa shape index (κ3) is 5.28. The van der Waals surface area contributed by atoms with Crippen LogP contribution >= 0.6 is 0 Å². The highest BCUT2D eigenvalue weighted by molar-refractivity contribution is 7.89. The Bertz CT molecular complexity index is 966. The molecule has 1 fully saturated rings. The van der Waals surface area contributed by atoms with E-state index in [1.54, 1.807) is 37.7 Å². The van der Waals surface area contributed by atoms with E-state index in [9.17, 15) is 13.2 Å². The lowest BCUT2D eigenvalue weighted by Crippen LogP contribution is -2.44. The first-order valence-corrected chi connectivity index (χ1v) is 11.6. The van der Waals surface area contributed by atoms with Gasteiger partial charge in [0.2, 0.25) is 15.9 Å². The van der Waals surface area contributed by atoms with Gasteiger partial charge in [0.05, 0.1) is 12.9 Å². The summed E-state index contributed by atoms with van der Waals surface area (Å²) in [4.78, 5) is 16.8. The quantitative estimate of drug-likeness (QED) is 0.653. The fourth-order valence-corrected chi connectivity index (χ4v) is 5.19. The minimum absolute atomic E-state index is 0.0479. The molecule has 0 spiro atoms. The average Bonchev–Trinajstić information content (AvgIpc) is 3.24. The highest BCUT2D eigenvalue weighted by atomic mass is 32.2. The van der Waals surface area contributed by atoms with Crippen LogP contribution in [0, 0.1) is 0 Å².